The van der Waals surface area contributed by atoms with E-state index in [4.69, 9.17) is 22.1 Å². The van der Waals surface area contributed by atoms with E-state index in [0.29, 0.717) is 29.4 Å². The van der Waals surface area contributed by atoms with E-state index in [1.807, 2.05) is 18.2 Å². The molecule has 3 N–H and O–H groups in total. The fraction of sp³-hybridized carbons (Fsp3) is 0.188. The van der Waals surface area contributed by atoms with Crippen molar-refractivity contribution in [3.05, 3.63) is 58.6 Å². The van der Waals surface area contributed by atoms with Crippen LogP contribution in [0.25, 0.3) is 0 Å². The van der Waals surface area contributed by atoms with Crippen LogP contribution in [0.15, 0.2) is 42.5 Å². The van der Waals surface area contributed by atoms with Crippen LogP contribution in [0.4, 0.5) is 5.69 Å². The molecular weight excluding hydrogens is 288 g/mol. The normalized spacial score (nSPS) is 10.2. The molecule has 2 rings (SSSR count). The molecule has 0 heterocycles. The Balaban J connectivity index is 1.90. The smallest absolute Gasteiger partial charge is 0.224 e. The molecule has 2 aromatic carbocycles. The Morgan fingerprint density at radius 2 is 2.05 bits per heavy atom. The topological polar surface area (TPSA) is 64.3 Å². The largest absolute Gasteiger partial charge is 0.495 e. The minimum Gasteiger partial charge on any atom is -0.495 e. The van der Waals surface area contributed by atoms with Crippen molar-refractivity contribution in [1.29, 1.82) is 0 Å². The van der Waals surface area contributed by atoms with Crippen molar-refractivity contribution in [2.75, 3.05) is 12.8 Å². The van der Waals surface area contributed by atoms with E-state index in [0.717, 1.165) is 11.1 Å². The lowest BCUT2D eigenvalue weighted by atomic mass is 10.1. The van der Waals surface area contributed by atoms with Gasteiger partial charge in [0.05, 0.1) is 19.2 Å². The van der Waals surface area contributed by atoms with Crippen molar-refractivity contribution in [1.82, 2.24) is 5.32 Å². The molecule has 0 atom stereocenters. The van der Waals surface area contributed by atoms with Crippen molar-refractivity contribution < 1.29 is 9.53 Å². The number of halogens is 1. The lowest BCUT2D eigenvalue weighted by molar-refractivity contribution is -0.120. The zero-order valence-corrected chi connectivity index (χ0v) is 12.5. The molecule has 0 aliphatic carbocycles. The highest BCUT2D eigenvalue weighted by Gasteiger charge is 2.05. The monoisotopic (exact) mass is 304 g/mol. The summed E-state index contributed by atoms with van der Waals surface area (Å²) < 4.78 is 5.09. The van der Waals surface area contributed by atoms with Gasteiger partial charge in [-0.15, -0.1) is 0 Å². The SMILES string of the molecule is COc1ccc(CNC(=O)Cc2cccc(Cl)c2)cc1N. The van der Waals surface area contributed by atoms with E-state index in [2.05, 4.69) is 5.32 Å². The first-order valence-corrected chi connectivity index (χ1v) is 6.90. The van der Waals surface area contributed by atoms with Gasteiger partial charge >= 0.3 is 0 Å². The maximum Gasteiger partial charge on any atom is 0.224 e. The third-order valence-electron chi connectivity index (χ3n) is 3.04. The summed E-state index contributed by atoms with van der Waals surface area (Å²) in [6.07, 6.45) is 0.298. The molecule has 21 heavy (non-hydrogen) atoms. The third kappa shape index (κ3) is 4.39. The summed E-state index contributed by atoms with van der Waals surface area (Å²) >= 11 is 5.89. The average molecular weight is 305 g/mol. The molecule has 0 fully saturated rings. The Hall–Kier alpha value is -2.20. The number of benzene rings is 2. The highest BCUT2D eigenvalue weighted by atomic mass is 35.5. The number of carbonyl (C=O) groups excluding carboxylic acids is 1. The molecular formula is C16H17ClN2O2. The molecule has 0 aliphatic rings. The number of methoxy groups -OCH3 is 1. The molecule has 5 heteroatoms. The van der Waals surface area contributed by atoms with Crippen molar-refractivity contribution in [2.45, 2.75) is 13.0 Å². The molecule has 1 amide bonds. The number of carbonyl (C=O) groups is 1. The number of nitrogens with two attached hydrogens (primary N) is 1. The molecule has 0 aromatic heterocycles. The van der Waals surface area contributed by atoms with Gasteiger partial charge in [0.25, 0.3) is 0 Å². The van der Waals surface area contributed by atoms with Gasteiger partial charge in [0.2, 0.25) is 5.91 Å². The van der Waals surface area contributed by atoms with Crippen molar-refractivity contribution >= 4 is 23.2 Å². The van der Waals surface area contributed by atoms with E-state index < -0.39 is 0 Å². The molecule has 0 unspecified atom stereocenters. The maximum atomic E-state index is 11.9. The van der Waals surface area contributed by atoms with Gasteiger partial charge in [-0.3, -0.25) is 4.79 Å². The van der Waals surface area contributed by atoms with Gasteiger partial charge in [0.15, 0.2) is 0 Å². The van der Waals surface area contributed by atoms with Gasteiger partial charge in [-0.1, -0.05) is 29.8 Å². The van der Waals surface area contributed by atoms with E-state index in [1.165, 1.54) is 0 Å². The molecule has 2 aromatic rings. The Labute approximate surface area is 128 Å². The zero-order valence-electron chi connectivity index (χ0n) is 11.7. The Bertz CT molecular complexity index is 644. The Morgan fingerprint density at radius 3 is 2.71 bits per heavy atom. The first kappa shape index (κ1) is 15.2. The summed E-state index contributed by atoms with van der Waals surface area (Å²) in [4.78, 5) is 11.9. The molecule has 0 aliphatic heterocycles. The predicted molar refractivity (Wildman–Crippen MR) is 84.4 cm³/mol. The highest BCUT2D eigenvalue weighted by Crippen LogP contribution is 2.21. The molecule has 0 radical (unpaired) electrons. The minimum absolute atomic E-state index is 0.0633. The van der Waals surface area contributed by atoms with E-state index in [1.54, 1.807) is 31.4 Å². The zero-order chi connectivity index (χ0) is 15.2. The molecule has 4 nitrogen and oxygen atoms in total. The molecule has 110 valence electrons. The van der Waals surface area contributed by atoms with Gasteiger partial charge in [0, 0.05) is 11.6 Å². The second kappa shape index (κ2) is 6.99. The fourth-order valence-corrected chi connectivity index (χ4v) is 2.20. The fourth-order valence-electron chi connectivity index (χ4n) is 1.99. The van der Waals surface area contributed by atoms with Crippen LogP contribution >= 0.6 is 11.6 Å². The Morgan fingerprint density at radius 1 is 1.24 bits per heavy atom. The predicted octanol–water partition coefficient (Wildman–Crippen LogP) is 2.79. The van der Waals surface area contributed by atoms with Crippen LogP contribution < -0.4 is 15.8 Å². The second-order valence-corrected chi connectivity index (χ2v) is 5.10. The summed E-state index contributed by atoms with van der Waals surface area (Å²) in [7, 11) is 1.57. The van der Waals surface area contributed by atoms with Gasteiger partial charge in [-0.05, 0) is 35.4 Å². The van der Waals surface area contributed by atoms with Crippen molar-refractivity contribution in [3.8, 4) is 5.75 Å². The highest BCUT2D eigenvalue weighted by molar-refractivity contribution is 6.30. The van der Waals surface area contributed by atoms with Crippen LogP contribution in [-0.2, 0) is 17.8 Å². The van der Waals surface area contributed by atoms with E-state index in [-0.39, 0.29) is 5.91 Å². The Kier molecular flexibility index (Phi) is 5.06. The van der Waals surface area contributed by atoms with Crippen LogP contribution in [0.1, 0.15) is 11.1 Å². The quantitative estimate of drug-likeness (QED) is 0.835. The van der Waals surface area contributed by atoms with Crippen LogP contribution in [-0.4, -0.2) is 13.0 Å². The molecule has 0 spiro atoms. The number of nitrogen functional groups attached to an aromatic ring is 1. The van der Waals surface area contributed by atoms with Crippen molar-refractivity contribution in [3.63, 3.8) is 0 Å². The average Bonchev–Trinajstić information content (AvgIpc) is 2.45. The number of anilines is 1. The van der Waals surface area contributed by atoms with Crippen LogP contribution in [0, 0.1) is 0 Å². The minimum atomic E-state index is -0.0633. The van der Waals surface area contributed by atoms with E-state index in [9.17, 15) is 4.79 Å². The number of hydrogen-bond acceptors (Lipinski definition) is 3. The van der Waals surface area contributed by atoms with Crippen LogP contribution in [0.2, 0.25) is 5.02 Å². The number of ether oxygens (including phenoxy) is 1. The van der Waals surface area contributed by atoms with Crippen LogP contribution in [0.3, 0.4) is 0 Å². The van der Waals surface area contributed by atoms with Gasteiger partial charge in [0.1, 0.15) is 5.75 Å². The third-order valence-corrected chi connectivity index (χ3v) is 3.27. The summed E-state index contributed by atoms with van der Waals surface area (Å²) in [5.41, 5.74) is 8.19. The number of rotatable bonds is 5. The first-order valence-electron chi connectivity index (χ1n) is 6.52. The molecule has 0 saturated heterocycles. The van der Waals surface area contributed by atoms with Crippen molar-refractivity contribution in [2.24, 2.45) is 0 Å². The lowest BCUT2D eigenvalue weighted by Gasteiger charge is -2.09. The number of hydrogen-bond donors (Lipinski definition) is 2. The van der Waals surface area contributed by atoms with Gasteiger partial charge in [-0.2, -0.15) is 0 Å². The number of nitrogens with one attached hydrogen (secondary N) is 1. The summed E-state index contributed by atoms with van der Waals surface area (Å²) in [6.45, 7) is 0.424. The van der Waals surface area contributed by atoms with E-state index >= 15 is 0 Å². The first-order chi connectivity index (χ1) is 10.1. The standard InChI is InChI=1S/C16H17ClN2O2/c1-21-15-6-5-12(8-14(15)18)10-19-16(20)9-11-3-2-4-13(17)7-11/h2-8H,9-10,18H2,1H3,(H,19,20). The van der Waals surface area contributed by atoms with Gasteiger partial charge in [-0.25, -0.2) is 0 Å². The summed E-state index contributed by atoms with van der Waals surface area (Å²) in [5, 5.41) is 3.48. The summed E-state index contributed by atoms with van der Waals surface area (Å²) in [6, 6.07) is 12.7. The lowest BCUT2D eigenvalue weighted by Crippen LogP contribution is -2.24. The maximum absolute atomic E-state index is 11.9. The number of amides is 1. The van der Waals surface area contributed by atoms with Gasteiger partial charge < -0.3 is 15.8 Å². The molecule has 0 bridgehead atoms. The van der Waals surface area contributed by atoms with Crippen LogP contribution in [0.5, 0.6) is 5.75 Å². The second-order valence-electron chi connectivity index (χ2n) is 4.66. The summed E-state index contributed by atoms with van der Waals surface area (Å²) in [5.74, 6) is 0.565. The molecule has 0 saturated carbocycles.